The summed E-state index contributed by atoms with van der Waals surface area (Å²) in [6.07, 6.45) is 2.21. The highest BCUT2D eigenvalue weighted by Crippen LogP contribution is 2.21. The summed E-state index contributed by atoms with van der Waals surface area (Å²) in [5.74, 6) is 1.10. The summed E-state index contributed by atoms with van der Waals surface area (Å²) < 4.78 is 15.5. The number of carbonyl (C=O) groups is 1. The summed E-state index contributed by atoms with van der Waals surface area (Å²) in [5.41, 5.74) is 0. The third kappa shape index (κ3) is 4.13. The molecule has 1 fully saturated rings. The molecule has 1 aromatic carbocycles. The lowest BCUT2D eigenvalue weighted by Gasteiger charge is -2.17. The first kappa shape index (κ1) is 13.7. The van der Waals surface area contributed by atoms with Gasteiger partial charge in [-0.2, -0.15) is 0 Å². The lowest BCUT2D eigenvalue weighted by Crippen LogP contribution is -2.43. The zero-order chi connectivity index (χ0) is 13.7. The summed E-state index contributed by atoms with van der Waals surface area (Å²) >= 11 is 0. The summed E-state index contributed by atoms with van der Waals surface area (Å²) in [6.45, 7) is 0.246. The van der Waals surface area contributed by atoms with Gasteiger partial charge in [-0.05, 0) is 25.0 Å². The van der Waals surface area contributed by atoms with Gasteiger partial charge in [-0.1, -0.05) is 6.07 Å². The van der Waals surface area contributed by atoms with Crippen LogP contribution in [0.4, 0.5) is 0 Å². The minimum Gasteiger partial charge on any atom is -0.497 e. The van der Waals surface area contributed by atoms with E-state index in [1.165, 1.54) is 7.11 Å². The largest absolute Gasteiger partial charge is 0.497 e. The molecule has 1 aliphatic carbocycles. The molecule has 0 saturated heterocycles. The van der Waals surface area contributed by atoms with E-state index in [9.17, 15) is 4.79 Å². The van der Waals surface area contributed by atoms with Crippen molar-refractivity contribution in [2.75, 3.05) is 20.8 Å². The van der Waals surface area contributed by atoms with Gasteiger partial charge in [-0.25, -0.2) is 0 Å². The van der Waals surface area contributed by atoms with Crippen LogP contribution in [0.2, 0.25) is 0 Å². The van der Waals surface area contributed by atoms with Crippen LogP contribution in [0.25, 0.3) is 0 Å². The molecule has 1 atom stereocenters. The van der Waals surface area contributed by atoms with Crippen molar-refractivity contribution in [3.8, 4) is 11.5 Å². The van der Waals surface area contributed by atoms with E-state index < -0.39 is 6.04 Å². The van der Waals surface area contributed by atoms with Crippen LogP contribution >= 0.6 is 0 Å². The van der Waals surface area contributed by atoms with E-state index in [2.05, 4.69) is 5.32 Å². The number of benzene rings is 1. The Labute approximate surface area is 112 Å². The Balaban J connectivity index is 1.90. The van der Waals surface area contributed by atoms with Crippen molar-refractivity contribution in [3.63, 3.8) is 0 Å². The summed E-state index contributed by atoms with van der Waals surface area (Å²) in [5, 5.41) is 3.21. The van der Waals surface area contributed by atoms with Gasteiger partial charge >= 0.3 is 5.97 Å². The van der Waals surface area contributed by atoms with E-state index in [4.69, 9.17) is 14.2 Å². The molecule has 1 unspecified atom stereocenters. The fourth-order valence-electron chi connectivity index (χ4n) is 1.73. The zero-order valence-corrected chi connectivity index (χ0v) is 11.2. The molecular weight excluding hydrogens is 246 g/mol. The van der Waals surface area contributed by atoms with Gasteiger partial charge < -0.3 is 14.2 Å². The normalized spacial score (nSPS) is 15.7. The smallest absolute Gasteiger partial charge is 0.326 e. The number of rotatable bonds is 7. The number of nitrogens with one attached hydrogen (secondary N) is 1. The SMILES string of the molecule is COC(=O)C(COc1cccc(OC)c1)NC1CC1. The number of ether oxygens (including phenoxy) is 3. The molecule has 1 aliphatic rings. The van der Waals surface area contributed by atoms with Crippen molar-refractivity contribution in [1.29, 1.82) is 0 Å². The van der Waals surface area contributed by atoms with E-state index in [-0.39, 0.29) is 12.6 Å². The summed E-state index contributed by atoms with van der Waals surface area (Å²) in [7, 11) is 2.99. The Hall–Kier alpha value is -1.75. The van der Waals surface area contributed by atoms with Crippen LogP contribution in [0.5, 0.6) is 11.5 Å². The second kappa shape index (κ2) is 6.43. The van der Waals surface area contributed by atoms with Gasteiger partial charge in [0.15, 0.2) is 0 Å². The molecule has 2 rings (SSSR count). The Morgan fingerprint density at radius 3 is 2.74 bits per heavy atom. The molecule has 0 bridgehead atoms. The fourth-order valence-corrected chi connectivity index (χ4v) is 1.73. The zero-order valence-electron chi connectivity index (χ0n) is 11.2. The van der Waals surface area contributed by atoms with Crippen LogP contribution < -0.4 is 14.8 Å². The molecular formula is C14H19NO4. The van der Waals surface area contributed by atoms with Gasteiger partial charge in [-0.15, -0.1) is 0 Å². The van der Waals surface area contributed by atoms with E-state index in [1.54, 1.807) is 13.2 Å². The number of hydrogen-bond donors (Lipinski definition) is 1. The number of esters is 1. The summed E-state index contributed by atoms with van der Waals surface area (Å²) in [4.78, 5) is 11.6. The Morgan fingerprint density at radius 2 is 2.11 bits per heavy atom. The van der Waals surface area contributed by atoms with Crippen LogP contribution in [0.15, 0.2) is 24.3 Å². The molecule has 0 aromatic heterocycles. The van der Waals surface area contributed by atoms with Crippen LogP contribution in [0.3, 0.4) is 0 Å². The first-order chi connectivity index (χ1) is 9.22. The van der Waals surface area contributed by atoms with E-state index in [1.807, 2.05) is 18.2 Å². The first-order valence-electron chi connectivity index (χ1n) is 6.33. The van der Waals surface area contributed by atoms with E-state index >= 15 is 0 Å². The minimum atomic E-state index is -0.427. The maximum atomic E-state index is 11.6. The predicted molar refractivity (Wildman–Crippen MR) is 70.5 cm³/mol. The molecule has 0 radical (unpaired) electrons. The van der Waals surface area contributed by atoms with Crippen molar-refractivity contribution in [1.82, 2.24) is 5.32 Å². The average molecular weight is 265 g/mol. The molecule has 5 heteroatoms. The van der Waals surface area contributed by atoms with Crippen LogP contribution in [0, 0.1) is 0 Å². The van der Waals surface area contributed by atoms with Crippen molar-refractivity contribution < 1.29 is 19.0 Å². The van der Waals surface area contributed by atoms with Gasteiger partial charge in [0.25, 0.3) is 0 Å². The summed E-state index contributed by atoms with van der Waals surface area (Å²) in [6, 6.07) is 7.28. The average Bonchev–Trinajstić information content (AvgIpc) is 3.26. The quantitative estimate of drug-likeness (QED) is 0.755. The van der Waals surface area contributed by atoms with Crippen molar-refractivity contribution in [2.24, 2.45) is 0 Å². The Morgan fingerprint density at radius 1 is 1.37 bits per heavy atom. The highest BCUT2D eigenvalue weighted by Gasteiger charge is 2.29. The Kier molecular flexibility index (Phi) is 4.63. The molecule has 104 valence electrons. The fraction of sp³-hybridized carbons (Fsp3) is 0.500. The molecule has 5 nitrogen and oxygen atoms in total. The third-order valence-electron chi connectivity index (χ3n) is 2.96. The topological polar surface area (TPSA) is 56.8 Å². The maximum absolute atomic E-state index is 11.6. The highest BCUT2D eigenvalue weighted by molar-refractivity contribution is 5.76. The lowest BCUT2D eigenvalue weighted by atomic mass is 10.3. The number of hydrogen-bond acceptors (Lipinski definition) is 5. The van der Waals surface area contributed by atoms with Crippen molar-refractivity contribution in [2.45, 2.75) is 24.9 Å². The van der Waals surface area contributed by atoms with Gasteiger partial charge in [0.05, 0.1) is 14.2 Å². The van der Waals surface area contributed by atoms with E-state index in [0.29, 0.717) is 11.8 Å². The molecule has 1 aromatic rings. The van der Waals surface area contributed by atoms with Crippen molar-refractivity contribution in [3.05, 3.63) is 24.3 Å². The predicted octanol–water partition coefficient (Wildman–Crippen LogP) is 1.37. The number of carbonyl (C=O) groups excluding carboxylic acids is 1. The van der Waals surface area contributed by atoms with Crippen LogP contribution in [-0.2, 0) is 9.53 Å². The lowest BCUT2D eigenvalue weighted by molar-refractivity contribution is -0.144. The second-order valence-corrected chi connectivity index (χ2v) is 4.51. The molecule has 0 amide bonds. The molecule has 19 heavy (non-hydrogen) atoms. The molecule has 0 heterocycles. The third-order valence-corrected chi connectivity index (χ3v) is 2.96. The minimum absolute atomic E-state index is 0.246. The first-order valence-corrected chi connectivity index (χ1v) is 6.33. The standard InChI is InChI=1S/C14H19NO4/c1-17-11-4-3-5-12(8-11)19-9-13(14(16)18-2)15-10-6-7-10/h3-5,8,10,13,15H,6-7,9H2,1-2H3. The molecule has 1 N–H and O–H groups in total. The van der Waals surface area contributed by atoms with Gasteiger partial charge in [0.1, 0.15) is 24.1 Å². The molecule has 0 aliphatic heterocycles. The number of methoxy groups -OCH3 is 2. The van der Waals surface area contributed by atoms with Crippen LogP contribution in [-0.4, -0.2) is 38.9 Å². The molecule has 1 saturated carbocycles. The van der Waals surface area contributed by atoms with E-state index in [0.717, 1.165) is 18.6 Å². The van der Waals surface area contributed by atoms with Crippen molar-refractivity contribution >= 4 is 5.97 Å². The highest BCUT2D eigenvalue weighted by atomic mass is 16.5. The van der Waals surface area contributed by atoms with Gasteiger partial charge in [-0.3, -0.25) is 10.1 Å². The van der Waals surface area contributed by atoms with Gasteiger partial charge in [0, 0.05) is 12.1 Å². The van der Waals surface area contributed by atoms with Gasteiger partial charge in [0.2, 0.25) is 0 Å². The molecule has 0 spiro atoms. The monoisotopic (exact) mass is 265 g/mol. The Bertz CT molecular complexity index is 431. The second-order valence-electron chi connectivity index (χ2n) is 4.51. The van der Waals surface area contributed by atoms with Crippen LogP contribution in [0.1, 0.15) is 12.8 Å². The maximum Gasteiger partial charge on any atom is 0.326 e.